The molecule has 0 fully saturated rings. The Bertz CT molecular complexity index is 1920. The molecule has 0 aliphatic heterocycles. The van der Waals surface area contributed by atoms with Gasteiger partial charge in [-0.05, 0) is 96.4 Å². The molecule has 0 atom stereocenters. The summed E-state index contributed by atoms with van der Waals surface area (Å²) in [6.07, 6.45) is 13.2. The van der Waals surface area contributed by atoms with Crippen molar-refractivity contribution >= 4 is 29.4 Å². The Hall–Kier alpha value is -5.94. The first kappa shape index (κ1) is 29.1. The minimum Gasteiger partial charge on any atom is -0.397 e. The highest BCUT2D eigenvalue weighted by Crippen LogP contribution is 2.33. The van der Waals surface area contributed by atoms with Gasteiger partial charge in [-0.2, -0.15) is 0 Å². The molecule has 6 rings (SSSR count). The monoisotopic (exact) mass is 585 g/mol. The summed E-state index contributed by atoms with van der Waals surface area (Å²) in [5.74, 6) is 0. The second kappa shape index (κ2) is 14.0. The van der Waals surface area contributed by atoms with Crippen LogP contribution >= 0.6 is 0 Å². The minimum atomic E-state index is 0.706. The van der Waals surface area contributed by atoms with Gasteiger partial charge in [0.2, 0.25) is 0 Å². The molecule has 5 nitrogen and oxygen atoms in total. The van der Waals surface area contributed by atoms with Crippen molar-refractivity contribution in [2.45, 2.75) is 13.5 Å². The number of benzene rings is 4. The quantitative estimate of drug-likeness (QED) is 0.129. The van der Waals surface area contributed by atoms with E-state index in [4.69, 9.17) is 5.73 Å². The lowest BCUT2D eigenvalue weighted by atomic mass is 10.0. The first-order valence-electron chi connectivity index (χ1n) is 15.0. The van der Waals surface area contributed by atoms with E-state index in [-0.39, 0.29) is 0 Å². The summed E-state index contributed by atoms with van der Waals surface area (Å²) in [6.45, 7) is 2.68. The van der Waals surface area contributed by atoms with Crippen LogP contribution in [-0.4, -0.2) is 15.8 Å². The van der Waals surface area contributed by atoms with Gasteiger partial charge in [-0.15, -0.1) is 0 Å². The maximum atomic E-state index is 6.39. The molecular weight excluding hydrogens is 550 g/mol. The number of aliphatic imine (C=N–C) groups is 1. The molecule has 0 saturated carbocycles. The summed E-state index contributed by atoms with van der Waals surface area (Å²) in [6, 6.07) is 44.1. The highest BCUT2D eigenvalue weighted by Gasteiger charge is 2.14. The third-order valence-electron chi connectivity index (χ3n) is 7.61. The SMILES string of the molecule is C\C=C/C=N\C=C\c1ccc(-c2cccnc2)n1-c1ccc(-c2ccc(CN(c3ccccc3)c3ccccc3N)cc2)cc1. The standard InChI is InChI=1S/C40H35N5/c1-2-3-26-42-28-25-37-23-24-39(34-10-9-27-43-29-34)45(37)36-21-19-33(20-22-36)32-17-15-31(16-18-32)30-44(35-11-5-4-6-12-35)40-14-8-7-13-38(40)41/h2-29H,30,41H2,1H3/b3-2-,28-25+,42-26-. The van der Waals surface area contributed by atoms with Gasteiger partial charge in [-0.25, -0.2) is 0 Å². The van der Waals surface area contributed by atoms with Crippen molar-refractivity contribution in [2.24, 2.45) is 4.99 Å². The zero-order valence-corrected chi connectivity index (χ0v) is 25.2. The van der Waals surface area contributed by atoms with Crippen molar-refractivity contribution in [1.82, 2.24) is 9.55 Å². The molecule has 0 bridgehead atoms. The molecule has 6 aromatic rings. The number of rotatable bonds is 10. The van der Waals surface area contributed by atoms with Crippen LogP contribution in [0.1, 0.15) is 18.2 Å². The lowest BCUT2D eigenvalue weighted by Gasteiger charge is -2.26. The molecule has 0 radical (unpaired) electrons. The number of aromatic nitrogens is 2. The van der Waals surface area contributed by atoms with Gasteiger partial charge in [0, 0.05) is 54.0 Å². The van der Waals surface area contributed by atoms with Gasteiger partial charge in [0.15, 0.2) is 0 Å². The van der Waals surface area contributed by atoms with Crippen LogP contribution < -0.4 is 10.6 Å². The second-order valence-electron chi connectivity index (χ2n) is 10.6. The predicted octanol–water partition coefficient (Wildman–Crippen LogP) is 9.74. The van der Waals surface area contributed by atoms with Crippen molar-refractivity contribution in [1.29, 1.82) is 0 Å². The number of hydrogen-bond donors (Lipinski definition) is 1. The Labute approximate surface area is 265 Å². The first-order valence-corrected chi connectivity index (χ1v) is 15.0. The zero-order valence-electron chi connectivity index (χ0n) is 25.2. The number of anilines is 3. The van der Waals surface area contributed by atoms with Crippen LogP contribution in [0.5, 0.6) is 0 Å². The average molecular weight is 586 g/mol. The molecule has 0 saturated heterocycles. The van der Waals surface area contributed by atoms with Crippen LogP contribution in [0.4, 0.5) is 17.1 Å². The fourth-order valence-corrected chi connectivity index (χ4v) is 5.36. The lowest BCUT2D eigenvalue weighted by Crippen LogP contribution is -2.17. The Balaban J connectivity index is 1.26. The van der Waals surface area contributed by atoms with E-state index in [0.29, 0.717) is 6.54 Å². The number of pyridine rings is 1. The third-order valence-corrected chi connectivity index (χ3v) is 7.61. The Morgan fingerprint density at radius 1 is 0.756 bits per heavy atom. The molecule has 2 heterocycles. The molecule has 0 aliphatic rings. The molecule has 0 spiro atoms. The summed E-state index contributed by atoms with van der Waals surface area (Å²) in [5, 5.41) is 0. The summed E-state index contributed by atoms with van der Waals surface area (Å²) in [7, 11) is 0. The van der Waals surface area contributed by atoms with E-state index in [9.17, 15) is 0 Å². The van der Waals surface area contributed by atoms with Crippen LogP contribution in [0, 0.1) is 0 Å². The summed E-state index contributed by atoms with van der Waals surface area (Å²) in [5.41, 5.74) is 17.0. The first-order chi connectivity index (χ1) is 22.2. The molecule has 0 unspecified atom stereocenters. The number of nitrogens with two attached hydrogens (primary N) is 1. The molecule has 45 heavy (non-hydrogen) atoms. The molecule has 220 valence electrons. The van der Waals surface area contributed by atoms with Gasteiger partial charge in [0.1, 0.15) is 0 Å². The van der Waals surface area contributed by atoms with Crippen LogP contribution in [0.25, 0.3) is 34.1 Å². The normalized spacial score (nSPS) is 11.6. The summed E-state index contributed by atoms with van der Waals surface area (Å²) >= 11 is 0. The third kappa shape index (κ3) is 6.84. The van der Waals surface area contributed by atoms with Crippen molar-refractivity contribution in [3.8, 4) is 28.1 Å². The van der Waals surface area contributed by atoms with Gasteiger partial charge in [0.25, 0.3) is 0 Å². The molecule has 5 heteroatoms. The number of nitrogens with zero attached hydrogens (tertiary/aromatic N) is 4. The Morgan fingerprint density at radius 2 is 1.49 bits per heavy atom. The van der Waals surface area contributed by atoms with E-state index >= 15 is 0 Å². The van der Waals surface area contributed by atoms with E-state index in [1.807, 2.05) is 67.9 Å². The molecule has 0 amide bonds. The van der Waals surface area contributed by atoms with Crippen molar-refractivity contribution in [3.05, 3.63) is 169 Å². The maximum absolute atomic E-state index is 6.39. The Kier molecular flexibility index (Phi) is 9.08. The van der Waals surface area contributed by atoms with Crippen molar-refractivity contribution in [3.63, 3.8) is 0 Å². The zero-order chi connectivity index (χ0) is 30.8. The summed E-state index contributed by atoms with van der Waals surface area (Å²) in [4.78, 5) is 11.0. The lowest BCUT2D eigenvalue weighted by molar-refractivity contribution is 0.977. The number of allylic oxidation sites excluding steroid dienone is 2. The van der Waals surface area contributed by atoms with Gasteiger partial charge in [-0.1, -0.05) is 72.8 Å². The fourth-order valence-electron chi connectivity index (χ4n) is 5.36. The Morgan fingerprint density at radius 3 is 2.20 bits per heavy atom. The van der Waals surface area contributed by atoms with Crippen LogP contribution in [0.2, 0.25) is 0 Å². The second-order valence-corrected chi connectivity index (χ2v) is 10.6. The van der Waals surface area contributed by atoms with Crippen LogP contribution in [0.15, 0.2) is 163 Å². The molecule has 4 aromatic carbocycles. The van der Waals surface area contributed by atoms with E-state index in [1.165, 1.54) is 5.56 Å². The molecule has 0 aliphatic carbocycles. The van der Waals surface area contributed by atoms with E-state index < -0.39 is 0 Å². The minimum absolute atomic E-state index is 0.706. The van der Waals surface area contributed by atoms with Gasteiger partial charge >= 0.3 is 0 Å². The molecule has 2 N–H and O–H groups in total. The maximum Gasteiger partial charge on any atom is 0.0647 e. The van der Waals surface area contributed by atoms with E-state index in [0.717, 1.165) is 50.8 Å². The van der Waals surface area contributed by atoms with Crippen LogP contribution in [-0.2, 0) is 6.54 Å². The largest absolute Gasteiger partial charge is 0.397 e. The van der Waals surface area contributed by atoms with E-state index in [1.54, 1.807) is 12.4 Å². The average Bonchev–Trinajstić information content (AvgIpc) is 3.52. The highest BCUT2D eigenvalue weighted by atomic mass is 15.1. The fraction of sp³-hybridized carbons (Fsp3) is 0.0500. The predicted molar refractivity (Wildman–Crippen MR) is 190 cm³/mol. The van der Waals surface area contributed by atoms with Gasteiger partial charge < -0.3 is 15.2 Å². The molecular formula is C40H35N5. The summed E-state index contributed by atoms with van der Waals surface area (Å²) < 4.78 is 2.24. The number of nitrogen functional groups attached to an aromatic ring is 1. The highest BCUT2D eigenvalue weighted by molar-refractivity contribution is 5.75. The molecule has 2 aromatic heterocycles. The topological polar surface area (TPSA) is 59.4 Å². The van der Waals surface area contributed by atoms with Crippen LogP contribution in [0.3, 0.4) is 0 Å². The van der Waals surface area contributed by atoms with E-state index in [2.05, 4.69) is 117 Å². The van der Waals surface area contributed by atoms with Crippen molar-refractivity contribution in [2.75, 3.05) is 10.6 Å². The van der Waals surface area contributed by atoms with Crippen molar-refractivity contribution < 1.29 is 0 Å². The smallest absolute Gasteiger partial charge is 0.0647 e. The number of hydrogen-bond acceptors (Lipinski definition) is 4. The number of para-hydroxylation sites is 3. The van der Waals surface area contributed by atoms with Gasteiger partial charge in [0.05, 0.1) is 17.1 Å². The van der Waals surface area contributed by atoms with Gasteiger partial charge in [-0.3, -0.25) is 9.98 Å².